The molecule has 0 bridgehead atoms. The number of phenols is 1. The van der Waals surface area contributed by atoms with Crippen LogP contribution < -0.4 is 4.74 Å². The van der Waals surface area contributed by atoms with Crippen molar-refractivity contribution in [2.24, 2.45) is 0 Å². The number of hydrogen-bond acceptors (Lipinski definition) is 6. The predicted octanol–water partition coefficient (Wildman–Crippen LogP) is 1.78. The number of hydrogen-bond donors (Lipinski definition) is 1. The number of aromatic hydroxyl groups is 1. The van der Waals surface area contributed by atoms with Crippen LogP contribution in [0.3, 0.4) is 0 Å². The van der Waals surface area contributed by atoms with E-state index >= 15 is 0 Å². The highest BCUT2D eigenvalue weighted by atomic mass is 32.2. The minimum absolute atomic E-state index is 0.00823. The first-order valence-electron chi connectivity index (χ1n) is 10.9. The van der Waals surface area contributed by atoms with Crippen LogP contribution in [0.1, 0.15) is 33.6 Å². The Hall–Kier alpha value is -3.11. The Balaban J connectivity index is 1.49. The summed E-state index contributed by atoms with van der Waals surface area (Å²) < 4.78 is 32.9. The fraction of sp³-hybridized carbons (Fsp3) is 0.391. The number of nitrogens with zero attached hydrogens (tertiary/aromatic N) is 3. The largest absolute Gasteiger partial charge is 0.507 e. The first kappa shape index (κ1) is 23.1. The smallest absolute Gasteiger partial charge is 0.257 e. The standard InChI is InChI=1S/C23H27N3O6S/c1-32-20-9-8-17(16-21(20)33(30,31)26-10-4-5-11-26)22(28)24-12-14-25(15-13-24)23(29)18-6-2-3-7-19(18)27/h2-3,6-9,16,27H,4-5,10-15H2,1H3. The van der Waals surface area contributed by atoms with Gasteiger partial charge in [0.05, 0.1) is 12.7 Å². The van der Waals surface area contributed by atoms with Crippen molar-refractivity contribution < 1.29 is 27.9 Å². The van der Waals surface area contributed by atoms with E-state index in [4.69, 9.17) is 4.74 Å². The van der Waals surface area contributed by atoms with E-state index in [1.807, 2.05) is 0 Å². The van der Waals surface area contributed by atoms with Crippen molar-refractivity contribution in [1.82, 2.24) is 14.1 Å². The van der Waals surface area contributed by atoms with E-state index in [1.165, 1.54) is 29.6 Å². The monoisotopic (exact) mass is 473 g/mol. The second kappa shape index (κ2) is 9.40. The quantitative estimate of drug-likeness (QED) is 0.710. The number of sulfonamides is 1. The molecule has 0 aliphatic carbocycles. The third-order valence-corrected chi connectivity index (χ3v) is 8.00. The number of benzene rings is 2. The third-order valence-electron chi connectivity index (χ3n) is 6.08. The summed E-state index contributed by atoms with van der Waals surface area (Å²) in [5, 5.41) is 9.94. The zero-order valence-electron chi connectivity index (χ0n) is 18.4. The van der Waals surface area contributed by atoms with Gasteiger partial charge in [0.25, 0.3) is 11.8 Å². The number of piperazine rings is 1. The molecule has 2 fully saturated rings. The van der Waals surface area contributed by atoms with Gasteiger partial charge in [-0.1, -0.05) is 12.1 Å². The molecule has 0 saturated carbocycles. The van der Waals surface area contributed by atoms with Crippen LogP contribution in [-0.4, -0.2) is 85.8 Å². The summed E-state index contributed by atoms with van der Waals surface area (Å²) in [4.78, 5) is 29.0. The van der Waals surface area contributed by atoms with Crippen LogP contribution in [0.15, 0.2) is 47.4 Å². The fourth-order valence-electron chi connectivity index (χ4n) is 4.20. The predicted molar refractivity (Wildman–Crippen MR) is 121 cm³/mol. The number of phenolic OH excluding ortho intramolecular Hbond substituents is 1. The second-order valence-electron chi connectivity index (χ2n) is 8.08. The third kappa shape index (κ3) is 4.53. The molecule has 0 radical (unpaired) electrons. The molecule has 9 nitrogen and oxygen atoms in total. The van der Waals surface area contributed by atoms with Crippen molar-refractivity contribution in [1.29, 1.82) is 0 Å². The van der Waals surface area contributed by atoms with Crippen molar-refractivity contribution in [2.75, 3.05) is 46.4 Å². The lowest BCUT2D eigenvalue weighted by molar-refractivity contribution is 0.0533. The van der Waals surface area contributed by atoms with E-state index in [0.29, 0.717) is 39.3 Å². The summed E-state index contributed by atoms with van der Waals surface area (Å²) in [5.74, 6) is -0.462. The van der Waals surface area contributed by atoms with Crippen LogP contribution in [0.4, 0.5) is 0 Å². The Labute approximate surface area is 193 Å². The number of carbonyl (C=O) groups is 2. The second-order valence-corrected chi connectivity index (χ2v) is 9.98. The highest BCUT2D eigenvalue weighted by Crippen LogP contribution is 2.30. The molecule has 0 unspecified atom stereocenters. The minimum atomic E-state index is -3.76. The summed E-state index contributed by atoms with van der Waals surface area (Å²) in [6, 6.07) is 10.8. The van der Waals surface area contributed by atoms with Crippen molar-refractivity contribution in [3.8, 4) is 11.5 Å². The maximum absolute atomic E-state index is 13.1. The molecule has 1 N–H and O–H groups in total. The topological polar surface area (TPSA) is 107 Å². The van der Waals surface area contributed by atoms with Gasteiger partial charge >= 0.3 is 0 Å². The molecule has 0 spiro atoms. The lowest BCUT2D eigenvalue weighted by Gasteiger charge is -2.35. The normalized spacial score (nSPS) is 17.2. The SMILES string of the molecule is COc1ccc(C(=O)N2CCN(C(=O)c3ccccc3O)CC2)cc1S(=O)(=O)N1CCCC1. The highest BCUT2D eigenvalue weighted by Gasteiger charge is 2.32. The Morgan fingerprint density at radius 1 is 0.879 bits per heavy atom. The molecule has 2 saturated heterocycles. The van der Waals surface area contributed by atoms with Gasteiger partial charge in [-0.25, -0.2) is 8.42 Å². The van der Waals surface area contributed by atoms with Crippen molar-refractivity contribution >= 4 is 21.8 Å². The van der Waals surface area contributed by atoms with Gasteiger partial charge in [0.1, 0.15) is 16.4 Å². The molecular weight excluding hydrogens is 446 g/mol. The van der Waals surface area contributed by atoms with Crippen molar-refractivity contribution in [2.45, 2.75) is 17.7 Å². The Morgan fingerprint density at radius 3 is 2.09 bits per heavy atom. The average Bonchev–Trinajstić information content (AvgIpc) is 3.39. The first-order valence-corrected chi connectivity index (χ1v) is 12.3. The van der Waals surface area contributed by atoms with Gasteiger partial charge in [0, 0.05) is 44.8 Å². The molecule has 10 heteroatoms. The van der Waals surface area contributed by atoms with Gasteiger partial charge in [-0.05, 0) is 43.2 Å². The first-order chi connectivity index (χ1) is 15.8. The molecule has 2 aromatic rings. The zero-order valence-corrected chi connectivity index (χ0v) is 19.3. The summed E-state index contributed by atoms with van der Waals surface area (Å²) in [6.07, 6.45) is 1.62. The van der Waals surface area contributed by atoms with E-state index in [-0.39, 0.29) is 39.3 Å². The fourth-order valence-corrected chi connectivity index (χ4v) is 5.90. The number of amides is 2. The van der Waals surface area contributed by atoms with Gasteiger partial charge < -0.3 is 19.6 Å². The van der Waals surface area contributed by atoms with Gasteiger partial charge in [0.15, 0.2) is 0 Å². The Bertz CT molecular complexity index is 1150. The molecule has 2 amide bonds. The van der Waals surface area contributed by atoms with Gasteiger partial charge in [-0.2, -0.15) is 4.31 Å². The Morgan fingerprint density at radius 2 is 1.48 bits per heavy atom. The number of carbonyl (C=O) groups excluding carboxylic acids is 2. The summed E-state index contributed by atoms with van der Waals surface area (Å²) in [5.41, 5.74) is 0.484. The van der Waals surface area contributed by atoms with Gasteiger partial charge in [-0.15, -0.1) is 0 Å². The molecule has 2 heterocycles. The Kier molecular flexibility index (Phi) is 6.57. The molecule has 33 heavy (non-hydrogen) atoms. The van der Waals surface area contributed by atoms with Crippen LogP contribution >= 0.6 is 0 Å². The van der Waals surface area contributed by atoms with E-state index < -0.39 is 10.0 Å². The molecule has 2 aromatic carbocycles. The lowest BCUT2D eigenvalue weighted by Crippen LogP contribution is -2.50. The number of rotatable bonds is 5. The molecular formula is C23H27N3O6S. The van der Waals surface area contributed by atoms with E-state index in [2.05, 4.69) is 0 Å². The molecule has 2 aliphatic rings. The average molecular weight is 474 g/mol. The number of methoxy groups -OCH3 is 1. The number of para-hydroxylation sites is 1. The molecule has 2 aliphatic heterocycles. The highest BCUT2D eigenvalue weighted by molar-refractivity contribution is 7.89. The van der Waals surface area contributed by atoms with Crippen LogP contribution in [0.2, 0.25) is 0 Å². The maximum atomic E-state index is 13.1. The van der Waals surface area contributed by atoms with Crippen LogP contribution in [0.5, 0.6) is 11.5 Å². The molecule has 0 atom stereocenters. The van der Waals surface area contributed by atoms with Crippen LogP contribution in [-0.2, 0) is 10.0 Å². The van der Waals surface area contributed by atoms with E-state index in [0.717, 1.165) is 12.8 Å². The van der Waals surface area contributed by atoms with Crippen LogP contribution in [0, 0.1) is 0 Å². The minimum Gasteiger partial charge on any atom is -0.507 e. The van der Waals surface area contributed by atoms with E-state index in [1.54, 1.807) is 34.1 Å². The molecule has 4 rings (SSSR count). The maximum Gasteiger partial charge on any atom is 0.257 e. The molecule has 0 aromatic heterocycles. The van der Waals surface area contributed by atoms with Crippen LogP contribution in [0.25, 0.3) is 0 Å². The number of ether oxygens (including phenoxy) is 1. The van der Waals surface area contributed by atoms with Crippen molar-refractivity contribution in [3.05, 3.63) is 53.6 Å². The summed E-state index contributed by atoms with van der Waals surface area (Å²) in [6.45, 7) is 2.14. The lowest BCUT2D eigenvalue weighted by atomic mass is 10.1. The van der Waals surface area contributed by atoms with Crippen molar-refractivity contribution in [3.63, 3.8) is 0 Å². The van der Waals surface area contributed by atoms with Gasteiger partial charge in [-0.3, -0.25) is 9.59 Å². The van der Waals surface area contributed by atoms with Gasteiger partial charge in [0.2, 0.25) is 10.0 Å². The zero-order chi connectivity index (χ0) is 23.6. The molecule has 176 valence electrons. The summed E-state index contributed by atoms with van der Waals surface area (Å²) in [7, 11) is -2.36. The van der Waals surface area contributed by atoms with E-state index in [9.17, 15) is 23.1 Å². The summed E-state index contributed by atoms with van der Waals surface area (Å²) >= 11 is 0.